The lowest BCUT2D eigenvalue weighted by Crippen LogP contribution is -2.30. The number of benzene rings is 2. The second-order valence-electron chi connectivity index (χ2n) is 6.70. The average molecular weight is 493 g/mol. The summed E-state index contributed by atoms with van der Waals surface area (Å²) in [6, 6.07) is 14.5. The number of carbonyl (C=O) groups excluding carboxylic acids is 2. The van der Waals surface area contributed by atoms with Crippen LogP contribution in [-0.4, -0.2) is 33.4 Å². The third kappa shape index (κ3) is 5.29. The molecule has 0 saturated heterocycles. The van der Waals surface area contributed by atoms with Gasteiger partial charge in [0.05, 0.1) is 21.3 Å². The summed E-state index contributed by atoms with van der Waals surface area (Å²) in [6.07, 6.45) is 0. The molecular formula is C22H21ClN2O5S2. The summed E-state index contributed by atoms with van der Waals surface area (Å²) in [5.74, 6) is -1.24. The first kappa shape index (κ1) is 23.8. The van der Waals surface area contributed by atoms with Gasteiger partial charge in [0, 0.05) is 6.54 Å². The number of aryl methyl sites for hydroxylation is 1. The molecule has 0 unspecified atom stereocenters. The lowest BCUT2D eigenvalue weighted by molar-refractivity contribution is -0.119. The molecule has 1 amide bonds. The van der Waals surface area contributed by atoms with Gasteiger partial charge in [-0.2, -0.15) is 0 Å². The van der Waals surface area contributed by atoms with Crippen LogP contribution < -0.4 is 9.62 Å². The largest absolute Gasteiger partial charge is 0.451 e. The standard InChI is InChI=1S/C22H21ClN2O5S2/c1-3-25(16-7-5-4-6-8-16)32(28,29)17-9-10-18(23)19(13-17)24-20(26)14-30-22(27)21-15(2)11-12-31-21/h4-13H,3,14H2,1-2H3,(H,24,26). The molecule has 3 aromatic rings. The van der Waals surface area contributed by atoms with E-state index in [9.17, 15) is 18.0 Å². The molecule has 10 heteroatoms. The number of carbonyl (C=O) groups is 2. The summed E-state index contributed by atoms with van der Waals surface area (Å²) in [4.78, 5) is 24.8. The summed E-state index contributed by atoms with van der Waals surface area (Å²) in [7, 11) is -3.90. The molecule has 0 fully saturated rings. The van der Waals surface area contributed by atoms with Crippen molar-refractivity contribution in [2.24, 2.45) is 0 Å². The van der Waals surface area contributed by atoms with Gasteiger partial charge in [0.2, 0.25) is 0 Å². The minimum atomic E-state index is -3.90. The predicted octanol–water partition coefficient (Wildman–Crippen LogP) is 4.72. The highest BCUT2D eigenvalue weighted by molar-refractivity contribution is 7.92. The highest BCUT2D eigenvalue weighted by Gasteiger charge is 2.25. The van der Waals surface area contributed by atoms with E-state index in [-0.39, 0.29) is 22.2 Å². The third-order valence-corrected chi connectivity index (χ3v) is 7.74. The van der Waals surface area contributed by atoms with Gasteiger partial charge in [-0.1, -0.05) is 29.8 Å². The number of thiophene rings is 1. The molecule has 0 aliphatic carbocycles. The second-order valence-corrected chi connectivity index (χ2v) is 9.89. The van der Waals surface area contributed by atoms with Crippen LogP contribution in [0.15, 0.2) is 64.9 Å². The van der Waals surface area contributed by atoms with E-state index in [1.807, 2.05) is 0 Å². The van der Waals surface area contributed by atoms with Gasteiger partial charge in [-0.3, -0.25) is 9.10 Å². The Hall–Kier alpha value is -2.88. The van der Waals surface area contributed by atoms with Crippen molar-refractivity contribution < 1.29 is 22.7 Å². The normalized spacial score (nSPS) is 11.1. The maximum absolute atomic E-state index is 13.2. The zero-order chi connectivity index (χ0) is 23.3. The van der Waals surface area contributed by atoms with E-state index in [0.717, 1.165) is 5.56 Å². The molecule has 0 atom stereocenters. The van der Waals surface area contributed by atoms with E-state index < -0.39 is 28.5 Å². The number of para-hydroxylation sites is 1. The third-order valence-electron chi connectivity index (χ3n) is 4.51. The van der Waals surface area contributed by atoms with Crippen LogP contribution in [0.3, 0.4) is 0 Å². The molecule has 1 aromatic heterocycles. The van der Waals surface area contributed by atoms with Crippen molar-refractivity contribution in [1.29, 1.82) is 0 Å². The summed E-state index contributed by atoms with van der Waals surface area (Å²) in [5, 5.41) is 4.42. The number of nitrogens with zero attached hydrogens (tertiary/aromatic N) is 1. The zero-order valence-corrected chi connectivity index (χ0v) is 19.8. The number of ether oxygens (including phenoxy) is 1. The van der Waals surface area contributed by atoms with Crippen LogP contribution in [0.4, 0.5) is 11.4 Å². The molecule has 0 radical (unpaired) electrons. The van der Waals surface area contributed by atoms with Crippen molar-refractivity contribution in [1.82, 2.24) is 0 Å². The SMILES string of the molecule is CCN(c1ccccc1)S(=O)(=O)c1ccc(Cl)c(NC(=O)COC(=O)c2sccc2C)c1. The minimum absolute atomic E-state index is 0.0332. The molecule has 32 heavy (non-hydrogen) atoms. The topological polar surface area (TPSA) is 92.8 Å². The smallest absolute Gasteiger partial charge is 0.349 e. The number of halogens is 1. The maximum atomic E-state index is 13.2. The maximum Gasteiger partial charge on any atom is 0.349 e. The van der Waals surface area contributed by atoms with Crippen LogP contribution in [-0.2, 0) is 19.6 Å². The van der Waals surface area contributed by atoms with Crippen molar-refractivity contribution in [2.45, 2.75) is 18.7 Å². The highest BCUT2D eigenvalue weighted by Crippen LogP contribution is 2.29. The second kappa shape index (κ2) is 10.2. The van der Waals surface area contributed by atoms with E-state index in [1.165, 1.54) is 33.8 Å². The van der Waals surface area contributed by atoms with Crippen molar-refractivity contribution in [3.8, 4) is 0 Å². The lowest BCUT2D eigenvalue weighted by atomic mass is 10.3. The first-order chi connectivity index (χ1) is 15.2. The summed E-state index contributed by atoms with van der Waals surface area (Å²) < 4.78 is 32.7. The first-order valence-electron chi connectivity index (χ1n) is 9.62. The van der Waals surface area contributed by atoms with Crippen LogP contribution in [0.2, 0.25) is 5.02 Å². The molecule has 2 aromatic carbocycles. The number of nitrogens with one attached hydrogen (secondary N) is 1. The van der Waals surface area contributed by atoms with Gasteiger partial charge < -0.3 is 10.1 Å². The number of sulfonamides is 1. The molecule has 3 rings (SSSR count). The molecule has 0 bridgehead atoms. The number of amides is 1. The van der Waals surface area contributed by atoms with Gasteiger partial charge >= 0.3 is 5.97 Å². The summed E-state index contributed by atoms with van der Waals surface area (Å²) >= 11 is 7.38. The Balaban J connectivity index is 1.75. The molecule has 0 aliphatic heterocycles. The van der Waals surface area contributed by atoms with E-state index >= 15 is 0 Å². The summed E-state index contributed by atoms with van der Waals surface area (Å²) in [6.45, 7) is 3.18. The van der Waals surface area contributed by atoms with E-state index in [4.69, 9.17) is 16.3 Å². The monoisotopic (exact) mass is 492 g/mol. The lowest BCUT2D eigenvalue weighted by Gasteiger charge is -2.23. The predicted molar refractivity (Wildman–Crippen MR) is 126 cm³/mol. The number of rotatable bonds is 8. The van der Waals surface area contributed by atoms with E-state index in [1.54, 1.807) is 55.6 Å². The first-order valence-corrected chi connectivity index (χ1v) is 12.3. The zero-order valence-electron chi connectivity index (χ0n) is 17.4. The van der Waals surface area contributed by atoms with Crippen molar-refractivity contribution >= 4 is 56.2 Å². The number of hydrogen-bond donors (Lipinski definition) is 1. The fourth-order valence-electron chi connectivity index (χ4n) is 2.94. The Morgan fingerprint density at radius 3 is 2.47 bits per heavy atom. The Morgan fingerprint density at radius 1 is 1.12 bits per heavy atom. The van der Waals surface area contributed by atoms with E-state index in [2.05, 4.69) is 5.32 Å². The molecule has 0 spiro atoms. The molecular weight excluding hydrogens is 472 g/mol. The van der Waals surface area contributed by atoms with Crippen molar-refractivity contribution in [2.75, 3.05) is 22.8 Å². The van der Waals surface area contributed by atoms with Gasteiger partial charge in [0.15, 0.2) is 6.61 Å². The van der Waals surface area contributed by atoms with Gasteiger partial charge in [-0.25, -0.2) is 13.2 Å². The Kier molecular flexibility index (Phi) is 7.55. The Morgan fingerprint density at radius 2 is 1.84 bits per heavy atom. The van der Waals surface area contributed by atoms with Crippen LogP contribution in [0.5, 0.6) is 0 Å². The van der Waals surface area contributed by atoms with Gasteiger partial charge in [0.25, 0.3) is 15.9 Å². The van der Waals surface area contributed by atoms with Gasteiger partial charge in [0.1, 0.15) is 4.88 Å². The average Bonchev–Trinajstić information content (AvgIpc) is 3.20. The van der Waals surface area contributed by atoms with Crippen LogP contribution in [0.1, 0.15) is 22.2 Å². The number of esters is 1. The molecule has 1 N–H and O–H groups in total. The van der Waals surface area contributed by atoms with Gasteiger partial charge in [-0.05, 0) is 61.2 Å². The molecule has 7 nitrogen and oxygen atoms in total. The van der Waals surface area contributed by atoms with Crippen LogP contribution in [0, 0.1) is 6.92 Å². The van der Waals surface area contributed by atoms with Crippen LogP contribution >= 0.6 is 22.9 Å². The number of anilines is 2. The molecule has 0 aliphatic rings. The summed E-state index contributed by atoms with van der Waals surface area (Å²) in [5.41, 5.74) is 1.39. The molecule has 1 heterocycles. The highest BCUT2D eigenvalue weighted by atomic mass is 35.5. The van der Waals surface area contributed by atoms with Gasteiger partial charge in [-0.15, -0.1) is 11.3 Å². The Labute approximate surface area is 195 Å². The van der Waals surface area contributed by atoms with Crippen molar-refractivity contribution in [3.05, 3.63) is 75.4 Å². The number of hydrogen-bond acceptors (Lipinski definition) is 6. The quantitative estimate of drug-likeness (QED) is 0.459. The molecule has 168 valence electrons. The molecule has 0 saturated carbocycles. The minimum Gasteiger partial charge on any atom is -0.451 e. The van der Waals surface area contributed by atoms with Crippen LogP contribution in [0.25, 0.3) is 0 Å². The fourth-order valence-corrected chi connectivity index (χ4v) is 5.42. The van der Waals surface area contributed by atoms with Crippen molar-refractivity contribution in [3.63, 3.8) is 0 Å². The Bertz CT molecular complexity index is 1230. The fraction of sp³-hybridized carbons (Fsp3) is 0.182. The van der Waals surface area contributed by atoms with E-state index in [0.29, 0.717) is 10.6 Å².